The number of hydrogen-bond acceptors (Lipinski definition) is 5. The first-order chi connectivity index (χ1) is 9.69. The van der Waals surface area contributed by atoms with Gasteiger partial charge in [-0.1, -0.05) is 30.3 Å². The van der Waals surface area contributed by atoms with Crippen LogP contribution in [0.15, 0.2) is 39.3 Å². The van der Waals surface area contributed by atoms with Crippen LogP contribution in [0.1, 0.15) is 25.3 Å². The van der Waals surface area contributed by atoms with Crippen LogP contribution in [0.25, 0.3) is 22.4 Å². The van der Waals surface area contributed by atoms with Gasteiger partial charge in [-0.05, 0) is 34.5 Å². The Morgan fingerprint density at radius 2 is 2.10 bits per heavy atom. The smallest absolute Gasteiger partial charge is 0.243 e. The molecular formula is C14H13BrN4O. The average Bonchev–Trinajstić information content (AvgIpc) is 2.95. The van der Waals surface area contributed by atoms with E-state index in [0.29, 0.717) is 17.4 Å². The summed E-state index contributed by atoms with van der Waals surface area (Å²) in [5.41, 5.74) is 7.43. The Morgan fingerprint density at radius 3 is 2.90 bits per heavy atom. The molecule has 1 atom stereocenters. The molecule has 0 spiro atoms. The van der Waals surface area contributed by atoms with Gasteiger partial charge < -0.3 is 10.3 Å². The maximum absolute atomic E-state index is 5.89. The van der Waals surface area contributed by atoms with Crippen molar-refractivity contribution in [3.63, 3.8) is 0 Å². The lowest BCUT2D eigenvalue weighted by molar-refractivity contribution is 0.352. The van der Waals surface area contributed by atoms with Crippen LogP contribution < -0.4 is 5.73 Å². The predicted molar refractivity (Wildman–Crippen MR) is 80.0 cm³/mol. The van der Waals surface area contributed by atoms with Gasteiger partial charge in [-0.15, -0.1) is 0 Å². The monoisotopic (exact) mass is 332 g/mol. The Morgan fingerprint density at radius 1 is 1.30 bits per heavy atom. The van der Waals surface area contributed by atoms with Crippen molar-refractivity contribution in [1.29, 1.82) is 0 Å². The number of hydrogen-bond donors (Lipinski definition) is 1. The fourth-order valence-corrected chi connectivity index (χ4v) is 2.42. The van der Waals surface area contributed by atoms with E-state index in [1.807, 2.05) is 37.3 Å². The van der Waals surface area contributed by atoms with E-state index in [1.165, 1.54) is 0 Å². The topological polar surface area (TPSA) is 77.8 Å². The molecule has 3 aromatic rings. The van der Waals surface area contributed by atoms with Crippen molar-refractivity contribution in [3.05, 3.63) is 40.7 Å². The largest absolute Gasteiger partial charge is 0.337 e. The molecular weight excluding hydrogens is 320 g/mol. The number of para-hydroxylation sites is 1. The van der Waals surface area contributed by atoms with Crippen LogP contribution in [0.3, 0.4) is 0 Å². The molecule has 0 amide bonds. The van der Waals surface area contributed by atoms with Crippen LogP contribution >= 0.6 is 15.9 Å². The molecule has 0 fully saturated rings. The summed E-state index contributed by atoms with van der Waals surface area (Å²) < 4.78 is 6.02. The summed E-state index contributed by atoms with van der Waals surface area (Å²) in [4.78, 5) is 8.89. The zero-order chi connectivity index (χ0) is 14.1. The standard InChI is InChI=1S/C14H13BrN4O/c1-2-10(16)14-18-13(19-20-14)12-9(15)7-8-5-3-4-6-11(8)17-12/h3-7,10H,2,16H2,1H3/t10-/m0/s1. The molecule has 1 aromatic carbocycles. The minimum Gasteiger partial charge on any atom is -0.337 e. The Hall–Kier alpha value is -1.79. The highest BCUT2D eigenvalue weighted by Crippen LogP contribution is 2.28. The van der Waals surface area contributed by atoms with E-state index in [-0.39, 0.29) is 6.04 Å². The molecule has 3 rings (SSSR count). The van der Waals surface area contributed by atoms with Gasteiger partial charge in [0.1, 0.15) is 5.69 Å². The van der Waals surface area contributed by atoms with Crippen molar-refractivity contribution in [2.24, 2.45) is 5.73 Å². The summed E-state index contributed by atoms with van der Waals surface area (Å²) in [5.74, 6) is 0.880. The number of benzene rings is 1. The Bertz CT molecular complexity index is 756. The second-order valence-electron chi connectivity index (χ2n) is 4.48. The summed E-state index contributed by atoms with van der Waals surface area (Å²) in [6, 6.07) is 9.63. The van der Waals surface area contributed by atoms with Gasteiger partial charge in [0.05, 0.1) is 11.6 Å². The first-order valence-corrected chi connectivity index (χ1v) is 7.13. The third kappa shape index (κ3) is 2.32. The Kier molecular flexibility index (Phi) is 3.50. The van der Waals surface area contributed by atoms with Gasteiger partial charge in [-0.2, -0.15) is 4.98 Å². The summed E-state index contributed by atoms with van der Waals surface area (Å²) in [7, 11) is 0. The molecule has 102 valence electrons. The second-order valence-corrected chi connectivity index (χ2v) is 5.34. The average molecular weight is 333 g/mol. The quantitative estimate of drug-likeness (QED) is 0.794. The van der Waals surface area contributed by atoms with Gasteiger partial charge in [-0.25, -0.2) is 4.98 Å². The molecule has 0 radical (unpaired) electrons. The minimum absolute atomic E-state index is 0.240. The van der Waals surface area contributed by atoms with Gasteiger partial charge in [0.25, 0.3) is 0 Å². The van der Waals surface area contributed by atoms with Crippen molar-refractivity contribution in [3.8, 4) is 11.5 Å². The predicted octanol–water partition coefficient (Wildman–Crippen LogP) is 3.46. The molecule has 0 saturated heterocycles. The maximum Gasteiger partial charge on any atom is 0.243 e. The highest BCUT2D eigenvalue weighted by molar-refractivity contribution is 9.10. The molecule has 20 heavy (non-hydrogen) atoms. The van der Waals surface area contributed by atoms with Crippen molar-refractivity contribution < 1.29 is 4.52 Å². The lowest BCUT2D eigenvalue weighted by atomic mass is 10.2. The number of aromatic nitrogens is 3. The third-order valence-corrected chi connectivity index (χ3v) is 3.69. The first kappa shape index (κ1) is 13.2. The molecule has 6 heteroatoms. The van der Waals surface area contributed by atoms with Gasteiger partial charge in [0, 0.05) is 9.86 Å². The SMILES string of the molecule is CC[C@H](N)c1nc(-c2nc3ccccc3cc2Br)no1. The minimum atomic E-state index is -0.240. The van der Waals surface area contributed by atoms with Gasteiger partial charge in [-0.3, -0.25) is 0 Å². The Balaban J connectivity index is 2.09. The first-order valence-electron chi connectivity index (χ1n) is 6.34. The third-order valence-electron chi connectivity index (χ3n) is 3.09. The molecule has 0 aliphatic rings. The van der Waals surface area contributed by atoms with Crippen molar-refractivity contribution in [1.82, 2.24) is 15.1 Å². The van der Waals surface area contributed by atoms with Crippen LogP contribution in [0.2, 0.25) is 0 Å². The van der Waals surface area contributed by atoms with Crippen LogP contribution in [-0.2, 0) is 0 Å². The number of pyridine rings is 1. The zero-order valence-electron chi connectivity index (χ0n) is 10.9. The fourth-order valence-electron chi connectivity index (χ4n) is 1.90. The van der Waals surface area contributed by atoms with E-state index < -0.39 is 0 Å². The molecule has 0 aliphatic heterocycles. The maximum atomic E-state index is 5.89. The molecule has 2 aromatic heterocycles. The van der Waals surface area contributed by atoms with Crippen molar-refractivity contribution >= 4 is 26.8 Å². The summed E-state index contributed by atoms with van der Waals surface area (Å²) in [6.45, 7) is 1.97. The summed E-state index contributed by atoms with van der Waals surface area (Å²) in [5, 5.41) is 5.02. The fraction of sp³-hybridized carbons (Fsp3) is 0.214. The van der Waals surface area contributed by atoms with Crippen molar-refractivity contribution in [2.45, 2.75) is 19.4 Å². The number of halogens is 1. The van der Waals surface area contributed by atoms with E-state index in [9.17, 15) is 0 Å². The number of rotatable bonds is 3. The van der Waals surface area contributed by atoms with E-state index in [4.69, 9.17) is 10.3 Å². The van der Waals surface area contributed by atoms with Gasteiger partial charge in [0.15, 0.2) is 0 Å². The van der Waals surface area contributed by atoms with Crippen LogP contribution in [-0.4, -0.2) is 15.1 Å². The summed E-state index contributed by atoms with van der Waals surface area (Å²) >= 11 is 3.50. The lowest BCUT2D eigenvalue weighted by Gasteiger charge is -2.02. The Labute approximate surface area is 124 Å². The highest BCUT2D eigenvalue weighted by atomic mass is 79.9. The van der Waals surface area contributed by atoms with Crippen LogP contribution in [0.4, 0.5) is 0 Å². The molecule has 2 heterocycles. The van der Waals surface area contributed by atoms with E-state index in [1.54, 1.807) is 0 Å². The highest BCUT2D eigenvalue weighted by Gasteiger charge is 2.17. The molecule has 2 N–H and O–H groups in total. The lowest BCUT2D eigenvalue weighted by Crippen LogP contribution is -2.08. The number of nitrogens with zero attached hydrogens (tertiary/aromatic N) is 3. The zero-order valence-corrected chi connectivity index (χ0v) is 12.5. The number of fused-ring (bicyclic) bond motifs is 1. The second kappa shape index (κ2) is 5.30. The molecule has 0 bridgehead atoms. The number of nitrogens with two attached hydrogens (primary N) is 1. The molecule has 0 unspecified atom stereocenters. The van der Waals surface area contributed by atoms with Crippen LogP contribution in [0, 0.1) is 0 Å². The molecule has 0 saturated carbocycles. The van der Waals surface area contributed by atoms with E-state index >= 15 is 0 Å². The van der Waals surface area contributed by atoms with Crippen LogP contribution in [0.5, 0.6) is 0 Å². The normalized spacial score (nSPS) is 12.8. The van der Waals surface area contributed by atoms with E-state index in [0.717, 1.165) is 21.8 Å². The molecule has 0 aliphatic carbocycles. The molecule has 5 nitrogen and oxygen atoms in total. The summed E-state index contributed by atoms with van der Waals surface area (Å²) in [6.07, 6.45) is 0.744. The van der Waals surface area contributed by atoms with Crippen molar-refractivity contribution in [2.75, 3.05) is 0 Å². The van der Waals surface area contributed by atoms with E-state index in [2.05, 4.69) is 31.1 Å². The van der Waals surface area contributed by atoms with Gasteiger partial charge in [0.2, 0.25) is 11.7 Å². The van der Waals surface area contributed by atoms with Gasteiger partial charge >= 0.3 is 0 Å².